The van der Waals surface area contributed by atoms with Gasteiger partial charge >= 0.3 is 0 Å². The summed E-state index contributed by atoms with van der Waals surface area (Å²) in [6.45, 7) is 9.53. The molecule has 7 nitrogen and oxygen atoms in total. The third kappa shape index (κ3) is 9.40. The molecule has 1 fully saturated rings. The Hall–Kier alpha value is -1.10. The van der Waals surface area contributed by atoms with E-state index in [1.54, 1.807) is 7.11 Å². The average molecular weight is 506 g/mol. The van der Waals surface area contributed by atoms with Gasteiger partial charge in [0.1, 0.15) is 5.75 Å². The van der Waals surface area contributed by atoms with Gasteiger partial charge in [-0.15, -0.1) is 24.0 Å². The number of aliphatic hydroxyl groups is 1. The lowest BCUT2D eigenvalue weighted by Crippen LogP contribution is -2.48. The highest BCUT2D eigenvalue weighted by molar-refractivity contribution is 14.0. The minimum absolute atomic E-state index is 0. The molecule has 0 radical (unpaired) electrons. The van der Waals surface area contributed by atoms with Crippen LogP contribution in [0.1, 0.15) is 19.4 Å². The lowest BCUT2D eigenvalue weighted by atomic mass is 10.1. The topological polar surface area (TPSA) is 78.4 Å². The maximum atomic E-state index is 10.7. The molecule has 8 heteroatoms. The van der Waals surface area contributed by atoms with Gasteiger partial charge in [0.05, 0.1) is 32.5 Å². The van der Waals surface area contributed by atoms with E-state index in [2.05, 4.69) is 26.6 Å². The first-order valence-electron chi connectivity index (χ1n) is 9.70. The number of aliphatic imine (C=N–C) groups is 1. The van der Waals surface area contributed by atoms with E-state index >= 15 is 0 Å². The highest BCUT2D eigenvalue weighted by Gasteiger charge is 2.25. The summed E-state index contributed by atoms with van der Waals surface area (Å²) in [5, 5.41) is 17.3. The number of guanidine groups is 1. The fourth-order valence-electron chi connectivity index (χ4n) is 3.04. The Kier molecular flexibility index (Phi) is 11.7. The summed E-state index contributed by atoms with van der Waals surface area (Å²) < 4.78 is 10.6. The number of halogens is 1. The average Bonchev–Trinajstić information content (AvgIpc) is 2.67. The molecule has 160 valence electrons. The monoisotopic (exact) mass is 506 g/mol. The number of benzene rings is 1. The molecule has 28 heavy (non-hydrogen) atoms. The van der Waals surface area contributed by atoms with Gasteiger partial charge in [-0.3, -0.25) is 9.89 Å². The van der Waals surface area contributed by atoms with Gasteiger partial charge in [0, 0.05) is 32.7 Å². The molecule has 0 aliphatic carbocycles. The quantitative estimate of drug-likeness (QED) is 0.268. The maximum absolute atomic E-state index is 10.7. The molecule has 1 heterocycles. The van der Waals surface area contributed by atoms with E-state index in [-0.39, 0.29) is 24.0 Å². The molecule has 0 aromatic heterocycles. The molecule has 0 bridgehead atoms. The zero-order valence-corrected chi connectivity index (χ0v) is 19.6. The number of morpholine rings is 1. The summed E-state index contributed by atoms with van der Waals surface area (Å²) in [5.74, 6) is 1.59. The van der Waals surface area contributed by atoms with Crippen molar-refractivity contribution in [1.82, 2.24) is 15.5 Å². The fourth-order valence-corrected chi connectivity index (χ4v) is 3.04. The molecule has 3 N–H and O–H groups in total. The molecule has 0 amide bonds. The Bertz CT molecular complexity index is 593. The predicted octanol–water partition coefficient (Wildman–Crippen LogP) is 1.49. The number of rotatable bonds is 9. The molecule has 1 unspecified atom stereocenters. The molecule has 1 aromatic carbocycles. The first-order valence-corrected chi connectivity index (χ1v) is 9.70. The number of hydrogen-bond acceptors (Lipinski definition) is 5. The van der Waals surface area contributed by atoms with E-state index in [0.717, 1.165) is 57.5 Å². The molecule has 0 spiro atoms. The van der Waals surface area contributed by atoms with E-state index in [0.29, 0.717) is 13.1 Å². The van der Waals surface area contributed by atoms with E-state index < -0.39 is 5.60 Å². The molecule has 1 aliphatic heterocycles. The normalized spacial score (nSPS) is 17.4. The molecule has 0 saturated carbocycles. The van der Waals surface area contributed by atoms with E-state index in [1.807, 2.05) is 32.0 Å². The van der Waals surface area contributed by atoms with Gasteiger partial charge < -0.3 is 25.2 Å². The fraction of sp³-hybridized carbons (Fsp3) is 0.650. The Morgan fingerprint density at radius 1 is 1.32 bits per heavy atom. The summed E-state index contributed by atoms with van der Waals surface area (Å²) in [6.07, 6.45) is 0.867. The van der Waals surface area contributed by atoms with Crippen LogP contribution >= 0.6 is 24.0 Å². The molecular formula is C20H35IN4O3. The second-order valence-electron chi connectivity index (χ2n) is 7.11. The highest BCUT2D eigenvalue weighted by atomic mass is 127. The summed E-state index contributed by atoms with van der Waals surface area (Å²) in [5.41, 5.74) is 0.337. The predicted molar refractivity (Wildman–Crippen MR) is 124 cm³/mol. The van der Waals surface area contributed by atoms with Crippen molar-refractivity contribution >= 4 is 29.9 Å². The van der Waals surface area contributed by atoms with Crippen LogP contribution in [0, 0.1) is 0 Å². The Balaban J connectivity index is 0.00000392. The second kappa shape index (κ2) is 13.2. The van der Waals surface area contributed by atoms with Crippen LogP contribution in [-0.2, 0) is 11.2 Å². The van der Waals surface area contributed by atoms with Gasteiger partial charge in [0.25, 0.3) is 0 Å². The van der Waals surface area contributed by atoms with Crippen LogP contribution in [0.25, 0.3) is 0 Å². The van der Waals surface area contributed by atoms with Gasteiger partial charge in [-0.25, -0.2) is 0 Å². The lowest BCUT2D eigenvalue weighted by Gasteiger charge is -2.33. The van der Waals surface area contributed by atoms with Gasteiger partial charge in [0.2, 0.25) is 0 Å². The Morgan fingerprint density at radius 2 is 2.07 bits per heavy atom. The van der Waals surface area contributed by atoms with Crippen LogP contribution < -0.4 is 15.4 Å². The first-order chi connectivity index (χ1) is 13.0. The maximum Gasteiger partial charge on any atom is 0.191 e. The molecule has 1 atom stereocenters. The number of nitrogens with zero attached hydrogens (tertiary/aromatic N) is 2. The number of ether oxygens (including phenoxy) is 2. The van der Waals surface area contributed by atoms with E-state index in [1.165, 1.54) is 5.56 Å². The molecule has 1 saturated heterocycles. The van der Waals surface area contributed by atoms with Crippen molar-refractivity contribution in [2.45, 2.75) is 25.9 Å². The minimum Gasteiger partial charge on any atom is -0.497 e. The third-order valence-corrected chi connectivity index (χ3v) is 4.43. The third-order valence-electron chi connectivity index (χ3n) is 4.43. The zero-order chi connectivity index (χ0) is 19.5. The Morgan fingerprint density at radius 3 is 2.75 bits per heavy atom. The molecule has 1 aromatic rings. The van der Waals surface area contributed by atoms with Crippen molar-refractivity contribution in [3.05, 3.63) is 29.8 Å². The van der Waals surface area contributed by atoms with Crippen LogP contribution in [0.2, 0.25) is 0 Å². The molecule has 1 aliphatic rings. The van der Waals surface area contributed by atoms with Gasteiger partial charge in [-0.05, 0) is 38.0 Å². The van der Waals surface area contributed by atoms with Crippen molar-refractivity contribution in [2.24, 2.45) is 4.99 Å². The molecule has 2 rings (SSSR count). The first kappa shape index (κ1) is 24.9. The van der Waals surface area contributed by atoms with Gasteiger partial charge in [-0.2, -0.15) is 0 Å². The van der Waals surface area contributed by atoms with Crippen molar-refractivity contribution in [1.29, 1.82) is 0 Å². The van der Waals surface area contributed by atoms with Crippen molar-refractivity contribution in [3.8, 4) is 5.75 Å². The summed E-state index contributed by atoms with van der Waals surface area (Å²) in [4.78, 5) is 6.80. The standard InChI is InChI=1S/C20H34N4O3.HI/c1-4-21-19(22-9-8-17-6-5-7-18(14-17)26-3)23-15-20(2,25)16-24-10-12-27-13-11-24;/h5-7,14,25H,4,8-13,15-16H2,1-3H3,(H2,21,22,23);1H. The minimum atomic E-state index is -0.869. The van der Waals surface area contributed by atoms with E-state index in [4.69, 9.17) is 9.47 Å². The Labute approximate surface area is 185 Å². The zero-order valence-electron chi connectivity index (χ0n) is 17.2. The van der Waals surface area contributed by atoms with Crippen LogP contribution in [0.15, 0.2) is 29.3 Å². The second-order valence-corrected chi connectivity index (χ2v) is 7.11. The molecular weight excluding hydrogens is 471 g/mol. The number of β-amino-alcohol motifs (C(OH)–C–C–N with tert-alkyl or cyclic N) is 1. The lowest BCUT2D eigenvalue weighted by molar-refractivity contribution is -0.0179. The van der Waals surface area contributed by atoms with Crippen molar-refractivity contribution < 1.29 is 14.6 Å². The summed E-state index contributed by atoms with van der Waals surface area (Å²) in [7, 11) is 1.68. The van der Waals surface area contributed by atoms with Gasteiger partial charge in [0.15, 0.2) is 5.96 Å². The van der Waals surface area contributed by atoms with Gasteiger partial charge in [-0.1, -0.05) is 12.1 Å². The van der Waals surface area contributed by atoms with Crippen LogP contribution in [0.5, 0.6) is 5.75 Å². The SMILES string of the molecule is CCNC(=NCC(C)(O)CN1CCOCC1)NCCc1cccc(OC)c1.I. The van der Waals surface area contributed by atoms with Crippen LogP contribution in [-0.4, -0.2) is 81.2 Å². The van der Waals surface area contributed by atoms with Crippen LogP contribution in [0.4, 0.5) is 0 Å². The summed E-state index contributed by atoms with van der Waals surface area (Å²) >= 11 is 0. The van der Waals surface area contributed by atoms with E-state index in [9.17, 15) is 5.11 Å². The number of hydrogen-bond donors (Lipinski definition) is 3. The highest BCUT2D eigenvalue weighted by Crippen LogP contribution is 2.12. The number of methoxy groups -OCH3 is 1. The largest absolute Gasteiger partial charge is 0.497 e. The smallest absolute Gasteiger partial charge is 0.191 e. The van der Waals surface area contributed by atoms with Crippen molar-refractivity contribution in [3.63, 3.8) is 0 Å². The van der Waals surface area contributed by atoms with Crippen molar-refractivity contribution in [2.75, 3.05) is 59.6 Å². The summed E-state index contributed by atoms with van der Waals surface area (Å²) in [6, 6.07) is 8.07. The number of nitrogens with one attached hydrogen (secondary N) is 2. The van der Waals surface area contributed by atoms with Crippen LogP contribution in [0.3, 0.4) is 0 Å².